The van der Waals surface area contributed by atoms with E-state index in [0.29, 0.717) is 16.2 Å². The number of imide groups is 1. The van der Waals surface area contributed by atoms with Crippen molar-refractivity contribution in [2.75, 3.05) is 0 Å². The first-order chi connectivity index (χ1) is 13.8. The summed E-state index contributed by atoms with van der Waals surface area (Å²) in [6.07, 6.45) is 9.24. The van der Waals surface area contributed by atoms with E-state index in [-0.39, 0.29) is 17.9 Å². The van der Waals surface area contributed by atoms with Crippen molar-refractivity contribution >= 4 is 29.1 Å². The van der Waals surface area contributed by atoms with Gasteiger partial charge in [0.2, 0.25) is 0 Å². The lowest BCUT2D eigenvalue weighted by Gasteiger charge is -2.28. The lowest BCUT2D eigenvalue weighted by molar-refractivity contribution is -0.139. The number of carbonyl (C=O) groups excluding carboxylic acids is 2. The molecule has 2 amide bonds. The van der Waals surface area contributed by atoms with Crippen LogP contribution in [0.25, 0.3) is 5.57 Å². The molecule has 0 atom stereocenters. The fourth-order valence-corrected chi connectivity index (χ4v) is 5.10. The third kappa shape index (κ3) is 3.95. The topological polar surface area (TPSA) is 50.5 Å². The van der Waals surface area contributed by atoms with Gasteiger partial charge in [-0.1, -0.05) is 62.4 Å². The van der Waals surface area contributed by atoms with Gasteiger partial charge in [-0.05, 0) is 30.5 Å². The van der Waals surface area contributed by atoms with Crippen LogP contribution in [-0.4, -0.2) is 22.8 Å². The molecule has 0 radical (unpaired) electrons. The maximum atomic E-state index is 13.4. The van der Waals surface area contributed by atoms with E-state index in [1.165, 1.54) is 31.0 Å². The van der Waals surface area contributed by atoms with Crippen LogP contribution < -0.4 is 0 Å². The second kappa shape index (κ2) is 8.82. The molecule has 0 unspecified atom stereocenters. The number of hydrogen-bond donors (Lipinski definition) is 0. The predicted molar refractivity (Wildman–Crippen MR) is 111 cm³/mol. The van der Waals surface area contributed by atoms with E-state index in [2.05, 4.69) is 0 Å². The second-order valence-electron chi connectivity index (χ2n) is 7.42. The molecule has 5 heteroatoms. The van der Waals surface area contributed by atoms with Crippen LogP contribution >= 0.6 is 11.8 Å². The highest BCUT2D eigenvalue weighted by Gasteiger charge is 2.42. The standard InChI is InChI=1S/C23H25NO3S/c25-22-20(17-10-5-4-6-11-17)21(28-16-19-14-9-15-27-19)23(26)24(22)18-12-7-2-1-3-8-13-18/h4-6,9-11,14-15,18H,1-3,7-8,12-13,16H2. The van der Waals surface area contributed by atoms with Crippen molar-refractivity contribution < 1.29 is 14.0 Å². The van der Waals surface area contributed by atoms with E-state index in [4.69, 9.17) is 4.42 Å². The molecule has 1 aliphatic carbocycles. The molecule has 0 N–H and O–H groups in total. The lowest BCUT2D eigenvalue weighted by atomic mass is 9.95. The molecule has 146 valence electrons. The van der Waals surface area contributed by atoms with Gasteiger partial charge in [0.1, 0.15) is 5.76 Å². The lowest BCUT2D eigenvalue weighted by Crippen LogP contribution is -2.41. The minimum atomic E-state index is -0.135. The molecule has 4 nitrogen and oxygen atoms in total. The summed E-state index contributed by atoms with van der Waals surface area (Å²) < 4.78 is 5.42. The molecule has 28 heavy (non-hydrogen) atoms. The third-order valence-corrected chi connectivity index (χ3v) is 6.61. The smallest absolute Gasteiger partial charge is 0.268 e. The maximum Gasteiger partial charge on any atom is 0.268 e. The quantitative estimate of drug-likeness (QED) is 0.636. The van der Waals surface area contributed by atoms with Gasteiger partial charge < -0.3 is 4.42 Å². The van der Waals surface area contributed by atoms with Crippen LogP contribution in [0.3, 0.4) is 0 Å². The molecule has 1 fully saturated rings. The minimum absolute atomic E-state index is 0.0146. The Morgan fingerprint density at radius 3 is 2.29 bits per heavy atom. The summed E-state index contributed by atoms with van der Waals surface area (Å²) in [5, 5.41) is 0. The Bertz CT molecular complexity index is 849. The number of furan rings is 1. The van der Waals surface area contributed by atoms with Crippen LogP contribution in [0.1, 0.15) is 56.3 Å². The second-order valence-corrected chi connectivity index (χ2v) is 8.40. The fraction of sp³-hybridized carbons (Fsp3) is 0.391. The molecule has 0 saturated heterocycles. The summed E-state index contributed by atoms with van der Waals surface area (Å²) in [7, 11) is 0. The maximum absolute atomic E-state index is 13.4. The zero-order chi connectivity index (χ0) is 19.3. The average Bonchev–Trinajstić information content (AvgIpc) is 3.28. The normalized spacial score (nSPS) is 19.2. The van der Waals surface area contributed by atoms with Crippen molar-refractivity contribution in [3.05, 3.63) is 65.0 Å². The van der Waals surface area contributed by atoms with Crippen molar-refractivity contribution in [3.8, 4) is 0 Å². The van der Waals surface area contributed by atoms with Gasteiger partial charge in [0.15, 0.2) is 0 Å². The van der Waals surface area contributed by atoms with Crippen molar-refractivity contribution in [2.24, 2.45) is 0 Å². The predicted octanol–water partition coefficient (Wildman–Crippen LogP) is 5.41. The van der Waals surface area contributed by atoms with Crippen molar-refractivity contribution in [2.45, 2.75) is 56.7 Å². The van der Waals surface area contributed by atoms with E-state index < -0.39 is 0 Å². The summed E-state index contributed by atoms with van der Waals surface area (Å²) in [5.74, 6) is 1.07. The summed E-state index contributed by atoms with van der Waals surface area (Å²) in [5.41, 5.74) is 1.36. The molecule has 1 aromatic heterocycles. The summed E-state index contributed by atoms with van der Waals surface area (Å²) in [6, 6.07) is 13.3. The summed E-state index contributed by atoms with van der Waals surface area (Å²) >= 11 is 1.41. The highest BCUT2D eigenvalue weighted by Crippen LogP contribution is 2.40. The van der Waals surface area contributed by atoms with Crippen LogP contribution in [0, 0.1) is 0 Å². The van der Waals surface area contributed by atoms with E-state index in [9.17, 15) is 9.59 Å². The number of thioether (sulfide) groups is 1. The zero-order valence-corrected chi connectivity index (χ0v) is 16.7. The van der Waals surface area contributed by atoms with Gasteiger partial charge in [0.05, 0.1) is 22.5 Å². The number of rotatable bonds is 5. The molecule has 0 bridgehead atoms. The first kappa shape index (κ1) is 19.1. The largest absolute Gasteiger partial charge is 0.468 e. The number of carbonyl (C=O) groups is 2. The minimum Gasteiger partial charge on any atom is -0.468 e. The van der Waals surface area contributed by atoms with Crippen LogP contribution in [0.5, 0.6) is 0 Å². The monoisotopic (exact) mass is 395 g/mol. The molecule has 1 aliphatic heterocycles. The van der Waals surface area contributed by atoms with Gasteiger partial charge in [-0.3, -0.25) is 14.5 Å². The van der Waals surface area contributed by atoms with E-state index in [1.807, 2.05) is 42.5 Å². The Hall–Kier alpha value is -2.27. The Morgan fingerprint density at radius 1 is 0.893 bits per heavy atom. The van der Waals surface area contributed by atoms with Gasteiger partial charge in [0.25, 0.3) is 11.8 Å². The molecule has 2 heterocycles. The van der Waals surface area contributed by atoms with Crippen LogP contribution in [0.15, 0.2) is 58.1 Å². The van der Waals surface area contributed by atoms with Gasteiger partial charge in [0, 0.05) is 6.04 Å². The molecule has 1 saturated carbocycles. The van der Waals surface area contributed by atoms with Crippen LogP contribution in [0.2, 0.25) is 0 Å². The Balaban J connectivity index is 1.64. The number of amides is 2. The van der Waals surface area contributed by atoms with Crippen molar-refractivity contribution in [1.82, 2.24) is 4.90 Å². The molecule has 2 aliphatic rings. The SMILES string of the molecule is O=C1C(SCc2ccco2)=C(c2ccccc2)C(=O)N1C1CCCCCCC1. The van der Waals surface area contributed by atoms with Gasteiger partial charge in [-0.2, -0.15) is 0 Å². The van der Waals surface area contributed by atoms with Crippen LogP contribution in [-0.2, 0) is 15.3 Å². The van der Waals surface area contributed by atoms with Gasteiger partial charge in [-0.25, -0.2) is 0 Å². The zero-order valence-electron chi connectivity index (χ0n) is 15.9. The first-order valence-corrected chi connectivity index (χ1v) is 11.1. The third-order valence-electron chi connectivity index (χ3n) is 5.51. The van der Waals surface area contributed by atoms with Crippen molar-refractivity contribution in [1.29, 1.82) is 0 Å². The summed E-state index contributed by atoms with van der Waals surface area (Å²) in [6.45, 7) is 0. The Morgan fingerprint density at radius 2 is 1.61 bits per heavy atom. The number of benzene rings is 1. The average molecular weight is 396 g/mol. The molecular weight excluding hydrogens is 370 g/mol. The fourth-order valence-electron chi connectivity index (χ4n) is 4.08. The molecular formula is C23H25NO3S. The first-order valence-electron chi connectivity index (χ1n) is 10.1. The van der Waals surface area contributed by atoms with Gasteiger partial charge in [-0.15, -0.1) is 11.8 Å². The highest BCUT2D eigenvalue weighted by molar-refractivity contribution is 8.03. The van der Waals surface area contributed by atoms with E-state index in [0.717, 1.165) is 37.0 Å². The van der Waals surface area contributed by atoms with Crippen molar-refractivity contribution in [3.63, 3.8) is 0 Å². The van der Waals surface area contributed by atoms with E-state index >= 15 is 0 Å². The number of hydrogen-bond acceptors (Lipinski definition) is 4. The molecule has 4 rings (SSSR count). The molecule has 2 aromatic rings. The molecule has 0 spiro atoms. The summed E-state index contributed by atoms with van der Waals surface area (Å²) in [4.78, 5) is 28.9. The Kier molecular flexibility index (Phi) is 6.01. The van der Waals surface area contributed by atoms with Gasteiger partial charge >= 0.3 is 0 Å². The Labute approximate surface area is 170 Å². The number of nitrogens with zero attached hydrogens (tertiary/aromatic N) is 1. The van der Waals surface area contributed by atoms with E-state index in [1.54, 1.807) is 11.2 Å². The molecule has 1 aromatic carbocycles. The highest BCUT2D eigenvalue weighted by atomic mass is 32.2. The van der Waals surface area contributed by atoms with Crippen LogP contribution in [0.4, 0.5) is 0 Å².